The van der Waals surface area contributed by atoms with E-state index < -0.39 is 0 Å². The van der Waals surface area contributed by atoms with Crippen LogP contribution in [-0.4, -0.2) is 73.3 Å². The molecule has 10 nitrogen and oxygen atoms in total. The first-order chi connectivity index (χ1) is 18.9. The highest BCUT2D eigenvalue weighted by molar-refractivity contribution is 6.02. The van der Waals surface area contributed by atoms with E-state index in [2.05, 4.69) is 48.8 Å². The molecule has 0 radical (unpaired) electrons. The van der Waals surface area contributed by atoms with E-state index in [-0.39, 0.29) is 5.91 Å². The van der Waals surface area contributed by atoms with Crippen LogP contribution in [-0.2, 0) is 11.3 Å². The maximum Gasteiger partial charge on any atom is 0.247 e. The van der Waals surface area contributed by atoms with Gasteiger partial charge in [-0.15, -0.1) is 0 Å². The summed E-state index contributed by atoms with van der Waals surface area (Å²) < 4.78 is 13.8. The Morgan fingerprint density at radius 3 is 2.79 bits per heavy atom. The van der Waals surface area contributed by atoms with E-state index in [4.69, 9.17) is 14.5 Å². The van der Waals surface area contributed by atoms with Crippen molar-refractivity contribution in [3.63, 3.8) is 0 Å². The first-order valence-electron chi connectivity index (χ1n) is 12.7. The molecule has 2 aromatic carbocycles. The highest BCUT2D eigenvalue weighted by Crippen LogP contribution is 2.39. The molecule has 0 spiro atoms. The second-order valence-corrected chi connectivity index (χ2v) is 9.61. The van der Waals surface area contributed by atoms with Crippen LogP contribution in [0.25, 0.3) is 22.2 Å². The van der Waals surface area contributed by atoms with E-state index >= 15 is 0 Å². The molecule has 0 fully saturated rings. The van der Waals surface area contributed by atoms with Gasteiger partial charge < -0.3 is 34.5 Å². The molecule has 1 aliphatic rings. The van der Waals surface area contributed by atoms with Crippen molar-refractivity contribution in [2.24, 2.45) is 0 Å². The van der Waals surface area contributed by atoms with Crippen LogP contribution >= 0.6 is 0 Å². The molecular weight excluding hydrogens is 494 g/mol. The summed E-state index contributed by atoms with van der Waals surface area (Å²) in [5, 5.41) is 7.28. The van der Waals surface area contributed by atoms with Crippen LogP contribution in [0.4, 0.5) is 23.0 Å². The Morgan fingerprint density at radius 1 is 1.18 bits per heavy atom. The number of methoxy groups -OCH3 is 1. The van der Waals surface area contributed by atoms with Crippen LogP contribution in [0.2, 0.25) is 0 Å². The zero-order valence-electron chi connectivity index (χ0n) is 22.7. The molecule has 0 bridgehead atoms. The lowest BCUT2D eigenvalue weighted by Crippen LogP contribution is -2.29. The summed E-state index contributed by atoms with van der Waals surface area (Å²) >= 11 is 0. The fraction of sp³-hybridized carbons (Fsp3) is 0.276. The molecule has 39 heavy (non-hydrogen) atoms. The lowest BCUT2D eigenvalue weighted by molar-refractivity contribution is -0.111. The Kier molecular flexibility index (Phi) is 7.38. The maximum atomic E-state index is 12.3. The van der Waals surface area contributed by atoms with E-state index in [1.807, 2.05) is 51.5 Å². The number of nitrogens with one attached hydrogen (secondary N) is 2. The Bertz CT molecular complexity index is 1530. The third-order valence-corrected chi connectivity index (χ3v) is 6.71. The SMILES string of the molecule is C=CC(=O)Nc1cc(Nc2nccc(-c3ccc4c5c3ccn5CCO4)n2)c(OC)cc1N(C)CCN(C)C. The summed E-state index contributed by atoms with van der Waals surface area (Å²) in [5.74, 6) is 1.57. The third kappa shape index (κ3) is 5.37. The molecule has 0 aliphatic carbocycles. The van der Waals surface area contributed by atoms with Crippen LogP contribution in [0, 0.1) is 0 Å². The topological polar surface area (TPSA) is 96.8 Å². The number of hydrogen-bond acceptors (Lipinski definition) is 8. The van der Waals surface area contributed by atoms with Crippen LogP contribution in [0.1, 0.15) is 0 Å². The number of hydrogen-bond donors (Lipinski definition) is 2. The Balaban J connectivity index is 1.49. The van der Waals surface area contributed by atoms with E-state index in [1.54, 1.807) is 13.3 Å². The van der Waals surface area contributed by atoms with Crippen molar-refractivity contribution in [3.8, 4) is 22.8 Å². The Morgan fingerprint density at radius 2 is 2.03 bits per heavy atom. The maximum absolute atomic E-state index is 12.3. The molecule has 2 N–H and O–H groups in total. The lowest BCUT2D eigenvalue weighted by atomic mass is 10.1. The average molecular weight is 528 g/mol. The van der Waals surface area contributed by atoms with Gasteiger partial charge in [-0.1, -0.05) is 6.58 Å². The smallest absolute Gasteiger partial charge is 0.247 e. The quantitative estimate of drug-likeness (QED) is 0.294. The first kappa shape index (κ1) is 26.1. The highest BCUT2D eigenvalue weighted by Gasteiger charge is 2.19. The molecule has 1 amide bonds. The van der Waals surface area contributed by atoms with Gasteiger partial charge in [0.25, 0.3) is 0 Å². The van der Waals surface area contributed by atoms with Gasteiger partial charge in [0.2, 0.25) is 11.9 Å². The largest absolute Gasteiger partial charge is 0.494 e. The Labute approximate surface area is 227 Å². The van der Waals surface area contributed by atoms with Gasteiger partial charge in [0.15, 0.2) is 0 Å². The number of rotatable bonds is 10. The summed E-state index contributed by atoms with van der Waals surface area (Å²) in [5.41, 5.74) is 4.90. The minimum absolute atomic E-state index is 0.303. The predicted octanol–water partition coefficient (Wildman–Crippen LogP) is 4.37. The van der Waals surface area contributed by atoms with Crippen LogP contribution in [0.3, 0.4) is 0 Å². The van der Waals surface area contributed by atoms with Gasteiger partial charge in [-0.05, 0) is 50.5 Å². The summed E-state index contributed by atoms with van der Waals surface area (Å²) in [6, 6.07) is 11.7. The molecule has 1 aliphatic heterocycles. The van der Waals surface area contributed by atoms with Crippen molar-refractivity contribution in [2.75, 3.05) is 63.5 Å². The molecular formula is C29H33N7O3. The number of anilines is 4. The van der Waals surface area contributed by atoms with Gasteiger partial charge in [0.1, 0.15) is 18.1 Å². The van der Waals surface area contributed by atoms with E-state index in [0.717, 1.165) is 53.2 Å². The second kappa shape index (κ2) is 11.0. The normalized spacial score (nSPS) is 12.2. The number of ether oxygens (including phenoxy) is 2. The van der Waals surface area contributed by atoms with E-state index in [0.29, 0.717) is 29.7 Å². The van der Waals surface area contributed by atoms with Gasteiger partial charge in [-0.2, -0.15) is 0 Å². The third-order valence-electron chi connectivity index (χ3n) is 6.71. The van der Waals surface area contributed by atoms with Gasteiger partial charge >= 0.3 is 0 Å². The second-order valence-electron chi connectivity index (χ2n) is 9.61. The van der Waals surface area contributed by atoms with Crippen LogP contribution in [0.5, 0.6) is 11.5 Å². The number of carbonyl (C=O) groups is 1. The molecule has 2 aromatic heterocycles. The van der Waals surface area contributed by atoms with Gasteiger partial charge in [0, 0.05) is 49.5 Å². The minimum atomic E-state index is -0.303. The Hall–Kier alpha value is -4.57. The monoisotopic (exact) mass is 527 g/mol. The van der Waals surface area contributed by atoms with Crippen molar-refractivity contribution in [3.05, 3.63) is 61.4 Å². The molecule has 10 heteroatoms. The summed E-state index contributed by atoms with van der Waals surface area (Å²) in [6.45, 7) is 6.68. The predicted molar refractivity (Wildman–Crippen MR) is 155 cm³/mol. The number of benzene rings is 2. The zero-order chi connectivity index (χ0) is 27.5. The molecule has 5 rings (SSSR count). The van der Waals surface area contributed by atoms with Crippen molar-refractivity contribution < 1.29 is 14.3 Å². The number of aromatic nitrogens is 3. The first-order valence-corrected chi connectivity index (χ1v) is 12.7. The highest BCUT2D eigenvalue weighted by atomic mass is 16.5. The number of amides is 1. The van der Waals surface area contributed by atoms with Crippen molar-refractivity contribution in [2.45, 2.75) is 6.54 Å². The van der Waals surface area contributed by atoms with Crippen molar-refractivity contribution in [1.29, 1.82) is 0 Å². The van der Waals surface area contributed by atoms with Crippen molar-refractivity contribution >= 4 is 39.8 Å². The molecule has 3 heterocycles. The fourth-order valence-electron chi connectivity index (χ4n) is 4.67. The minimum Gasteiger partial charge on any atom is -0.494 e. The molecule has 0 unspecified atom stereocenters. The summed E-state index contributed by atoms with van der Waals surface area (Å²) in [4.78, 5) is 25.7. The van der Waals surface area contributed by atoms with Gasteiger partial charge in [0.05, 0.1) is 41.9 Å². The fourth-order valence-corrected chi connectivity index (χ4v) is 4.67. The zero-order valence-corrected chi connectivity index (χ0v) is 22.7. The number of nitrogens with zero attached hydrogens (tertiary/aromatic N) is 5. The molecule has 0 atom stereocenters. The lowest BCUT2D eigenvalue weighted by Gasteiger charge is -2.26. The molecule has 202 valence electrons. The van der Waals surface area contributed by atoms with Gasteiger partial charge in [-0.25, -0.2) is 9.97 Å². The summed E-state index contributed by atoms with van der Waals surface area (Å²) in [7, 11) is 7.63. The van der Waals surface area contributed by atoms with Crippen molar-refractivity contribution in [1.82, 2.24) is 19.4 Å². The van der Waals surface area contributed by atoms with E-state index in [9.17, 15) is 4.79 Å². The number of carbonyl (C=O) groups excluding carboxylic acids is 1. The standard InChI is InChI=1S/C29H33N7O3/c1-6-27(37)31-22-17-23(26(38-5)18-24(22)35(4)14-13-34(2)3)33-29-30-11-9-21(32-29)19-7-8-25-28-20(19)10-12-36(28)15-16-39-25/h6-12,17-18H,1,13-16H2,2-5H3,(H,31,37)(H,30,32,33). The van der Waals surface area contributed by atoms with Crippen LogP contribution in [0.15, 0.2) is 61.4 Å². The molecule has 0 saturated heterocycles. The van der Waals surface area contributed by atoms with Crippen LogP contribution < -0.4 is 25.0 Å². The van der Waals surface area contributed by atoms with E-state index in [1.165, 1.54) is 6.08 Å². The van der Waals surface area contributed by atoms with Gasteiger partial charge in [-0.3, -0.25) is 4.79 Å². The summed E-state index contributed by atoms with van der Waals surface area (Å²) in [6.07, 6.45) is 5.05. The molecule has 0 saturated carbocycles. The number of likely N-dealkylation sites (N-methyl/N-ethyl adjacent to an activating group) is 2. The molecule has 4 aromatic rings. The average Bonchev–Trinajstić information content (AvgIpc) is 3.38.